The summed E-state index contributed by atoms with van der Waals surface area (Å²) < 4.78 is 11.6. The van der Waals surface area contributed by atoms with Crippen LogP contribution in [0, 0.1) is 11.3 Å². The molecule has 7 rings (SSSR count). The maximum Gasteiger partial charge on any atom is 0.410 e. The van der Waals surface area contributed by atoms with Gasteiger partial charge in [-0.05, 0) is 86.8 Å². The average Bonchev–Trinajstić information content (AvgIpc) is 3.39. The summed E-state index contributed by atoms with van der Waals surface area (Å²) in [4.78, 5) is 58.4. The molecule has 5 amide bonds. The average molecular weight is 588 g/mol. The Labute approximate surface area is 250 Å². The molecule has 4 atom stereocenters. The van der Waals surface area contributed by atoms with Gasteiger partial charge in [-0.2, -0.15) is 0 Å². The Morgan fingerprint density at radius 3 is 2.40 bits per heavy atom. The Morgan fingerprint density at radius 1 is 0.977 bits per heavy atom. The number of imide groups is 1. The molecule has 5 fully saturated rings. The highest BCUT2D eigenvalue weighted by atomic mass is 16.6. The van der Waals surface area contributed by atoms with Gasteiger partial charge in [0, 0.05) is 24.3 Å². The summed E-state index contributed by atoms with van der Waals surface area (Å²) in [7, 11) is 0. The van der Waals surface area contributed by atoms with Crippen molar-refractivity contribution in [1.82, 2.24) is 20.1 Å². The third-order valence-electron chi connectivity index (χ3n) is 10.2. The van der Waals surface area contributed by atoms with E-state index in [-0.39, 0.29) is 71.6 Å². The molecule has 3 N–H and O–H groups in total. The van der Waals surface area contributed by atoms with E-state index in [4.69, 9.17) is 15.2 Å². The second kappa shape index (κ2) is 10.8. The van der Waals surface area contributed by atoms with Crippen molar-refractivity contribution in [2.75, 3.05) is 0 Å². The number of nitrogens with zero attached hydrogens (tertiary/aromatic N) is 3. The summed E-state index contributed by atoms with van der Waals surface area (Å²) in [6.45, 7) is 0.258. The number of primary amides is 1. The molecule has 2 aromatic rings. The van der Waals surface area contributed by atoms with E-state index < -0.39 is 11.9 Å². The molecule has 2 unspecified atom stereocenters. The van der Waals surface area contributed by atoms with E-state index in [1.807, 2.05) is 35.2 Å². The first-order valence-electron chi connectivity index (χ1n) is 15.3. The number of nitrogens with two attached hydrogens (primary N) is 1. The molecule has 3 aliphatic heterocycles. The maximum absolute atomic E-state index is 13.4. The monoisotopic (exact) mass is 587 g/mol. The number of rotatable bonds is 8. The molecule has 2 aliphatic carbocycles. The van der Waals surface area contributed by atoms with Gasteiger partial charge in [0.25, 0.3) is 11.8 Å². The van der Waals surface area contributed by atoms with Crippen molar-refractivity contribution >= 4 is 23.9 Å². The van der Waals surface area contributed by atoms with E-state index in [1.54, 1.807) is 18.3 Å². The van der Waals surface area contributed by atoms with Crippen LogP contribution in [0.1, 0.15) is 73.7 Å². The van der Waals surface area contributed by atoms with Gasteiger partial charge < -0.3 is 25.4 Å². The van der Waals surface area contributed by atoms with E-state index in [1.165, 1.54) is 4.90 Å². The van der Waals surface area contributed by atoms with Gasteiger partial charge >= 0.3 is 12.1 Å². The molecule has 2 bridgehead atoms. The fourth-order valence-corrected chi connectivity index (χ4v) is 8.24. The van der Waals surface area contributed by atoms with Crippen molar-refractivity contribution in [1.29, 1.82) is 0 Å². The summed E-state index contributed by atoms with van der Waals surface area (Å²) in [6, 6.07) is 12.2. The third-order valence-corrected chi connectivity index (χ3v) is 10.2. The first-order valence-corrected chi connectivity index (χ1v) is 15.3. The smallest absolute Gasteiger partial charge is 0.410 e. The fourth-order valence-electron chi connectivity index (χ4n) is 8.24. The number of amides is 5. The Morgan fingerprint density at radius 2 is 1.70 bits per heavy atom. The van der Waals surface area contributed by atoms with Crippen LogP contribution >= 0.6 is 0 Å². The van der Waals surface area contributed by atoms with E-state index in [0.717, 1.165) is 56.9 Å². The molecule has 0 radical (unpaired) electrons. The quantitative estimate of drug-likeness (QED) is 0.448. The lowest BCUT2D eigenvalue weighted by Gasteiger charge is -2.58. The van der Waals surface area contributed by atoms with Gasteiger partial charge in [0.1, 0.15) is 24.3 Å². The number of carbonyl (C=O) groups excluding carboxylic acids is 4. The zero-order chi connectivity index (χ0) is 29.7. The largest absolute Gasteiger partial charge is 0.474 e. The van der Waals surface area contributed by atoms with Crippen LogP contribution in [0.15, 0.2) is 48.7 Å². The highest BCUT2D eigenvalue weighted by Crippen LogP contribution is 2.58. The van der Waals surface area contributed by atoms with Gasteiger partial charge in [0.05, 0.1) is 0 Å². The number of pyridine rings is 1. The van der Waals surface area contributed by atoms with Gasteiger partial charge in [-0.1, -0.05) is 30.3 Å². The number of carbonyl (C=O) groups is 4. The minimum Gasteiger partial charge on any atom is -0.474 e. The van der Waals surface area contributed by atoms with Crippen LogP contribution in [0.5, 0.6) is 5.88 Å². The van der Waals surface area contributed by atoms with Gasteiger partial charge in [-0.3, -0.25) is 14.5 Å². The molecule has 4 heterocycles. The molecule has 11 nitrogen and oxygen atoms in total. The standard InChI is InChI=1S/C32H37N5O6/c33-27(38)25-7-4-10-34-28(25)43-24-16-32(17-24)14-23(15-32)37-29(39)26(35-30(37)40)13-20-11-21-8-9-22(12-20)36(21)31(41)42-18-19-5-2-1-3-6-19/h1-7,10,20-24,26H,8-9,11-18H2,(H2,33,38)(H,35,40)/t20?,21-,22+,23?,24?,26?,32?. The van der Waals surface area contributed by atoms with Gasteiger partial charge in [-0.15, -0.1) is 0 Å². The molecule has 3 saturated heterocycles. The number of hydrogen-bond donors (Lipinski definition) is 2. The summed E-state index contributed by atoms with van der Waals surface area (Å²) in [5.41, 5.74) is 6.71. The molecule has 5 aliphatic rings. The van der Waals surface area contributed by atoms with Crippen LogP contribution in [-0.4, -0.2) is 69.0 Å². The predicted octanol–water partition coefficient (Wildman–Crippen LogP) is 3.76. The van der Waals surface area contributed by atoms with Crippen LogP contribution in [0.4, 0.5) is 9.59 Å². The number of nitrogens with one attached hydrogen (secondary N) is 1. The summed E-state index contributed by atoms with van der Waals surface area (Å²) in [5, 5.41) is 2.95. The number of hydrogen-bond acceptors (Lipinski definition) is 7. The van der Waals surface area contributed by atoms with Crippen molar-refractivity contribution in [3.05, 3.63) is 59.8 Å². The Balaban J connectivity index is 0.884. The topological polar surface area (TPSA) is 144 Å². The zero-order valence-corrected chi connectivity index (χ0v) is 24.0. The highest BCUT2D eigenvalue weighted by Gasteiger charge is 2.59. The van der Waals surface area contributed by atoms with E-state index in [9.17, 15) is 19.2 Å². The van der Waals surface area contributed by atoms with Crippen LogP contribution in [0.3, 0.4) is 0 Å². The molecular weight excluding hydrogens is 550 g/mol. The van der Waals surface area contributed by atoms with Crippen molar-refractivity contribution in [3.8, 4) is 5.88 Å². The number of benzene rings is 1. The zero-order valence-electron chi connectivity index (χ0n) is 24.0. The highest BCUT2D eigenvalue weighted by molar-refractivity contribution is 6.04. The number of piperidine rings is 1. The second-order valence-corrected chi connectivity index (χ2v) is 13.0. The van der Waals surface area contributed by atoms with Gasteiger partial charge in [-0.25, -0.2) is 14.6 Å². The lowest BCUT2D eigenvalue weighted by Crippen LogP contribution is -2.60. The molecule has 1 aromatic heterocycles. The second-order valence-electron chi connectivity index (χ2n) is 13.0. The first kappa shape index (κ1) is 27.7. The minimum atomic E-state index is -0.575. The van der Waals surface area contributed by atoms with E-state index in [0.29, 0.717) is 6.42 Å². The molecule has 226 valence electrons. The van der Waals surface area contributed by atoms with Gasteiger partial charge in [0.15, 0.2) is 0 Å². The van der Waals surface area contributed by atoms with E-state index >= 15 is 0 Å². The fraction of sp³-hybridized carbons (Fsp3) is 0.531. The lowest BCUT2D eigenvalue weighted by molar-refractivity contribution is -0.141. The summed E-state index contributed by atoms with van der Waals surface area (Å²) in [5.74, 6) is -0.188. The van der Waals surface area contributed by atoms with Crippen LogP contribution in [0.2, 0.25) is 0 Å². The van der Waals surface area contributed by atoms with Gasteiger partial charge in [0.2, 0.25) is 5.88 Å². The van der Waals surface area contributed by atoms with Crippen LogP contribution < -0.4 is 15.8 Å². The number of ether oxygens (including phenoxy) is 2. The van der Waals surface area contributed by atoms with Crippen molar-refractivity contribution < 1.29 is 28.7 Å². The van der Waals surface area contributed by atoms with Crippen LogP contribution in [0.25, 0.3) is 0 Å². The molecule has 43 heavy (non-hydrogen) atoms. The molecule has 1 spiro atoms. The normalized spacial score (nSPS) is 32.7. The van der Waals surface area contributed by atoms with Crippen molar-refractivity contribution in [2.45, 2.75) is 94.7 Å². The maximum atomic E-state index is 13.4. The Kier molecular flexibility index (Phi) is 6.98. The molecule has 1 aromatic carbocycles. The molecule has 2 saturated carbocycles. The lowest BCUT2D eigenvalue weighted by atomic mass is 9.52. The first-order chi connectivity index (χ1) is 20.8. The minimum absolute atomic E-state index is 0.0524. The Bertz CT molecular complexity index is 1410. The molecule has 11 heteroatoms. The summed E-state index contributed by atoms with van der Waals surface area (Å²) in [6.07, 6.45) is 8.46. The van der Waals surface area contributed by atoms with E-state index in [2.05, 4.69) is 10.3 Å². The third kappa shape index (κ3) is 5.19. The number of aromatic nitrogens is 1. The van der Waals surface area contributed by atoms with Crippen molar-refractivity contribution in [2.24, 2.45) is 17.1 Å². The summed E-state index contributed by atoms with van der Waals surface area (Å²) >= 11 is 0. The number of urea groups is 1. The van der Waals surface area contributed by atoms with Crippen molar-refractivity contribution in [3.63, 3.8) is 0 Å². The van der Waals surface area contributed by atoms with Crippen LogP contribution in [-0.2, 0) is 16.1 Å². The SMILES string of the molecule is NC(=O)c1cccnc1OC1CC2(C1)CC(N1C(=O)NC(CC3C[C@H]4CC[C@@H](C3)N4C(=O)OCc3ccccc3)C1=O)C2. The number of fused-ring (bicyclic) bond motifs is 2. The predicted molar refractivity (Wildman–Crippen MR) is 154 cm³/mol. The molecular formula is C32H37N5O6. The Hall–Kier alpha value is -4.15.